The van der Waals surface area contributed by atoms with Crippen LogP contribution in [0, 0.1) is 5.92 Å². The smallest absolute Gasteiger partial charge is 0.268 e. The zero-order valence-electron chi connectivity index (χ0n) is 15.9. The van der Waals surface area contributed by atoms with Crippen molar-refractivity contribution < 1.29 is 19.5 Å². The molecule has 8 nitrogen and oxygen atoms in total. The molecule has 0 radical (unpaired) electrons. The molecule has 1 aliphatic rings. The third-order valence-electron chi connectivity index (χ3n) is 5.45. The van der Waals surface area contributed by atoms with Crippen LogP contribution in [0.3, 0.4) is 0 Å². The summed E-state index contributed by atoms with van der Waals surface area (Å²) in [5, 5.41) is 15.7. The summed E-state index contributed by atoms with van der Waals surface area (Å²) in [7, 11) is 1.83. The maximum Gasteiger partial charge on any atom is 0.268 e. The lowest BCUT2D eigenvalue weighted by Crippen LogP contribution is -2.53. The molecule has 5 N–H and O–H groups in total. The first kappa shape index (κ1) is 19.9. The van der Waals surface area contributed by atoms with Crippen molar-refractivity contribution in [1.29, 1.82) is 0 Å². The molecule has 1 saturated carbocycles. The zero-order chi connectivity index (χ0) is 20.3. The first-order valence-corrected chi connectivity index (χ1v) is 9.48. The van der Waals surface area contributed by atoms with Crippen molar-refractivity contribution in [3.63, 3.8) is 0 Å². The van der Waals surface area contributed by atoms with Gasteiger partial charge in [-0.05, 0) is 25.0 Å². The average Bonchev–Trinajstić information content (AvgIpc) is 3.03. The van der Waals surface area contributed by atoms with Crippen LogP contribution in [0.25, 0.3) is 10.9 Å². The number of primary amides is 1. The lowest BCUT2D eigenvalue weighted by atomic mass is 9.83. The van der Waals surface area contributed by atoms with Gasteiger partial charge in [-0.2, -0.15) is 0 Å². The number of nitrogens with zero attached hydrogens (tertiary/aromatic N) is 1. The number of rotatable bonds is 6. The summed E-state index contributed by atoms with van der Waals surface area (Å²) in [6.07, 6.45) is 3.04. The van der Waals surface area contributed by atoms with Gasteiger partial charge in [-0.3, -0.25) is 14.4 Å². The Bertz CT molecular complexity index is 891. The monoisotopic (exact) mass is 386 g/mol. The van der Waals surface area contributed by atoms with Crippen LogP contribution in [0.4, 0.5) is 0 Å². The van der Waals surface area contributed by atoms with Crippen LogP contribution < -0.4 is 16.4 Å². The van der Waals surface area contributed by atoms with Gasteiger partial charge in [0.15, 0.2) is 0 Å². The highest BCUT2D eigenvalue weighted by Gasteiger charge is 2.34. The number of hydrogen-bond donors (Lipinski definition) is 4. The van der Waals surface area contributed by atoms with Crippen LogP contribution in [-0.4, -0.2) is 46.1 Å². The standard InChI is InChI=1S/C20H26N4O4/c1-24-16-9-5-2-6-12(16)10-17(24)20(28)22-14-8-4-3-7-13(14)19(27)23-15(11-25)18(21)26/h2,5-6,9-10,13-15,25H,3-4,7-8,11H2,1H3,(H2,21,26)(H,22,28)(H,23,27)/t13-,14+,15+/m1/s1. The number of benzene rings is 1. The van der Waals surface area contributed by atoms with Gasteiger partial charge in [0.25, 0.3) is 5.91 Å². The van der Waals surface area contributed by atoms with Gasteiger partial charge in [0.1, 0.15) is 11.7 Å². The van der Waals surface area contributed by atoms with Crippen LogP contribution in [0.2, 0.25) is 0 Å². The van der Waals surface area contributed by atoms with Crippen LogP contribution in [0.1, 0.15) is 36.2 Å². The quantitative estimate of drug-likeness (QED) is 0.574. The molecule has 3 rings (SSSR count). The largest absolute Gasteiger partial charge is 0.394 e. The molecule has 1 aromatic carbocycles. The van der Waals surface area contributed by atoms with E-state index in [-0.39, 0.29) is 17.9 Å². The van der Waals surface area contributed by atoms with Crippen molar-refractivity contribution in [1.82, 2.24) is 15.2 Å². The van der Waals surface area contributed by atoms with E-state index in [0.717, 1.165) is 23.7 Å². The molecule has 3 atom stereocenters. The summed E-state index contributed by atoms with van der Waals surface area (Å²) < 4.78 is 1.83. The number of hydrogen-bond acceptors (Lipinski definition) is 4. The van der Waals surface area contributed by atoms with Crippen molar-refractivity contribution in [2.24, 2.45) is 18.7 Å². The van der Waals surface area contributed by atoms with Gasteiger partial charge in [-0.15, -0.1) is 0 Å². The third kappa shape index (κ3) is 4.01. The molecule has 1 heterocycles. The summed E-state index contributed by atoms with van der Waals surface area (Å²) in [5.41, 5.74) is 6.66. The minimum Gasteiger partial charge on any atom is -0.394 e. The Morgan fingerprint density at radius 2 is 1.96 bits per heavy atom. The van der Waals surface area contributed by atoms with Crippen LogP contribution in [0.5, 0.6) is 0 Å². The van der Waals surface area contributed by atoms with Crippen LogP contribution in [0.15, 0.2) is 30.3 Å². The molecule has 0 unspecified atom stereocenters. The number of carbonyl (C=O) groups excluding carboxylic acids is 3. The molecular formula is C20H26N4O4. The number of fused-ring (bicyclic) bond motifs is 1. The molecule has 0 aliphatic heterocycles. The highest BCUT2D eigenvalue weighted by molar-refractivity contribution is 5.99. The Morgan fingerprint density at radius 3 is 2.64 bits per heavy atom. The minimum atomic E-state index is -1.12. The van der Waals surface area contributed by atoms with Crippen molar-refractivity contribution >= 4 is 28.6 Å². The normalized spacial score (nSPS) is 20.5. The number of aliphatic hydroxyl groups is 1. The minimum absolute atomic E-state index is 0.239. The van der Waals surface area contributed by atoms with Gasteiger partial charge in [-0.1, -0.05) is 31.0 Å². The molecule has 28 heavy (non-hydrogen) atoms. The topological polar surface area (TPSA) is 126 Å². The number of carbonyl (C=O) groups is 3. The maximum absolute atomic E-state index is 12.9. The first-order chi connectivity index (χ1) is 13.4. The zero-order valence-corrected chi connectivity index (χ0v) is 15.9. The lowest BCUT2D eigenvalue weighted by molar-refractivity contribution is -0.132. The number of aromatic nitrogens is 1. The fraction of sp³-hybridized carbons (Fsp3) is 0.450. The predicted octanol–water partition coefficient (Wildman–Crippen LogP) is 0.429. The van der Waals surface area contributed by atoms with E-state index in [1.807, 2.05) is 41.9 Å². The second-order valence-electron chi connectivity index (χ2n) is 7.26. The molecule has 2 aromatic rings. The van der Waals surface area contributed by atoms with E-state index in [2.05, 4.69) is 10.6 Å². The molecular weight excluding hydrogens is 360 g/mol. The number of nitrogens with one attached hydrogen (secondary N) is 2. The van der Waals surface area contributed by atoms with Crippen LogP contribution in [-0.2, 0) is 16.6 Å². The number of para-hydroxylation sites is 1. The fourth-order valence-electron chi connectivity index (χ4n) is 3.85. The van der Waals surface area contributed by atoms with Crippen molar-refractivity contribution in [2.45, 2.75) is 37.8 Å². The Balaban J connectivity index is 1.74. The number of aryl methyl sites for hydroxylation is 1. The Labute approximate surface area is 163 Å². The number of amides is 3. The summed E-state index contributed by atoms with van der Waals surface area (Å²) in [4.78, 5) is 36.8. The van der Waals surface area contributed by atoms with E-state index in [0.29, 0.717) is 18.5 Å². The van der Waals surface area contributed by atoms with Gasteiger partial charge in [0, 0.05) is 24.0 Å². The molecule has 150 valence electrons. The summed E-state index contributed by atoms with van der Waals surface area (Å²) in [6.45, 7) is -0.555. The molecule has 0 spiro atoms. The molecule has 1 fully saturated rings. The average molecular weight is 386 g/mol. The maximum atomic E-state index is 12.9. The number of nitrogens with two attached hydrogens (primary N) is 1. The van der Waals surface area contributed by atoms with Crippen LogP contribution >= 0.6 is 0 Å². The van der Waals surface area contributed by atoms with Gasteiger partial charge in [0.2, 0.25) is 11.8 Å². The van der Waals surface area contributed by atoms with E-state index in [4.69, 9.17) is 5.73 Å². The van der Waals surface area contributed by atoms with Crippen molar-refractivity contribution in [3.05, 3.63) is 36.0 Å². The van der Waals surface area contributed by atoms with Crippen molar-refractivity contribution in [2.75, 3.05) is 6.61 Å². The van der Waals surface area contributed by atoms with Gasteiger partial charge in [0.05, 0.1) is 12.5 Å². The summed E-state index contributed by atoms with van der Waals surface area (Å²) in [6, 6.07) is 8.10. The lowest BCUT2D eigenvalue weighted by Gasteiger charge is -2.32. The highest BCUT2D eigenvalue weighted by Crippen LogP contribution is 2.26. The van der Waals surface area contributed by atoms with Gasteiger partial charge < -0.3 is 26.0 Å². The SMILES string of the molecule is Cn1c(C(=O)N[C@H]2CCCC[C@H]2C(=O)N[C@@H](CO)C(N)=O)cc2ccccc21. The Hall–Kier alpha value is -2.87. The second-order valence-corrected chi connectivity index (χ2v) is 7.26. The van der Waals surface area contributed by atoms with E-state index in [1.54, 1.807) is 0 Å². The molecule has 1 aromatic heterocycles. The Kier molecular flexibility index (Phi) is 5.99. The fourth-order valence-corrected chi connectivity index (χ4v) is 3.85. The van der Waals surface area contributed by atoms with E-state index >= 15 is 0 Å². The molecule has 8 heteroatoms. The van der Waals surface area contributed by atoms with Gasteiger partial charge >= 0.3 is 0 Å². The van der Waals surface area contributed by atoms with E-state index in [1.165, 1.54) is 0 Å². The number of aliphatic hydroxyl groups excluding tert-OH is 1. The highest BCUT2D eigenvalue weighted by atomic mass is 16.3. The Morgan fingerprint density at radius 1 is 1.25 bits per heavy atom. The predicted molar refractivity (Wildman–Crippen MR) is 104 cm³/mol. The second kappa shape index (κ2) is 8.43. The van der Waals surface area contributed by atoms with Gasteiger partial charge in [-0.25, -0.2) is 0 Å². The van der Waals surface area contributed by atoms with E-state index in [9.17, 15) is 19.5 Å². The molecule has 0 saturated heterocycles. The summed E-state index contributed by atoms with van der Waals surface area (Å²) >= 11 is 0. The molecule has 3 amide bonds. The molecule has 1 aliphatic carbocycles. The van der Waals surface area contributed by atoms with Crippen molar-refractivity contribution in [3.8, 4) is 0 Å². The first-order valence-electron chi connectivity index (χ1n) is 9.48. The van der Waals surface area contributed by atoms with E-state index < -0.39 is 24.5 Å². The molecule has 0 bridgehead atoms. The summed E-state index contributed by atoms with van der Waals surface area (Å²) in [5.74, 6) is -1.87. The third-order valence-corrected chi connectivity index (χ3v) is 5.45.